The van der Waals surface area contributed by atoms with Gasteiger partial charge >= 0.3 is 0 Å². The topological polar surface area (TPSA) is 119 Å². The molecule has 2 aromatic carbocycles. The number of nitro groups is 1. The van der Waals surface area contributed by atoms with E-state index in [1.165, 1.54) is 30.2 Å². The number of nitrogens with one attached hydrogen (secondary N) is 1. The normalized spacial score (nSPS) is 17.5. The van der Waals surface area contributed by atoms with Crippen LogP contribution in [0.5, 0.6) is 5.75 Å². The average molecular weight is 419 g/mol. The molecule has 2 aromatic rings. The standard InChI is InChI=1S/C19H21N3O6S/c1-28-18-8-7-15(22(24)25)11-17(18)20-12-19(23)21(14-5-3-2-4-6-14)16-9-10-29(26,27)13-16/h2-8,11,16,20H,9-10,12-13H2,1H3/t16-/m1/s1. The van der Waals surface area contributed by atoms with Crippen LogP contribution >= 0.6 is 0 Å². The van der Waals surface area contributed by atoms with Crippen LogP contribution < -0.4 is 15.0 Å². The number of anilines is 2. The fraction of sp³-hybridized carbons (Fsp3) is 0.316. The number of hydrogen-bond acceptors (Lipinski definition) is 7. The summed E-state index contributed by atoms with van der Waals surface area (Å²) < 4.78 is 29.1. The predicted octanol–water partition coefficient (Wildman–Crippen LogP) is 2.24. The number of rotatable bonds is 7. The Kier molecular flexibility index (Phi) is 6.02. The molecule has 0 saturated carbocycles. The molecular weight excluding hydrogens is 398 g/mol. The van der Waals surface area contributed by atoms with Crippen LogP contribution in [-0.2, 0) is 14.6 Å². The van der Waals surface area contributed by atoms with Crippen molar-refractivity contribution in [2.45, 2.75) is 12.5 Å². The van der Waals surface area contributed by atoms with Gasteiger partial charge in [-0.05, 0) is 24.6 Å². The predicted molar refractivity (Wildman–Crippen MR) is 109 cm³/mol. The zero-order valence-corrected chi connectivity index (χ0v) is 16.6. The summed E-state index contributed by atoms with van der Waals surface area (Å²) in [6.45, 7) is -0.178. The maximum atomic E-state index is 13.0. The third kappa shape index (κ3) is 4.83. The zero-order chi connectivity index (χ0) is 21.0. The second-order valence-corrected chi connectivity index (χ2v) is 8.88. The molecule has 154 valence electrons. The first-order valence-electron chi connectivity index (χ1n) is 8.94. The zero-order valence-electron chi connectivity index (χ0n) is 15.8. The minimum atomic E-state index is -3.18. The Bertz CT molecular complexity index is 1010. The van der Waals surface area contributed by atoms with E-state index >= 15 is 0 Å². The number of benzene rings is 2. The Labute approximate surface area is 168 Å². The van der Waals surface area contributed by atoms with Crippen LogP contribution in [0, 0.1) is 10.1 Å². The number of methoxy groups -OCH3 is 1. The Hall–Kier alpha value is -3.14. The van der Waals surface area contributed by atoms with Gasteiger partial charge in [-0.1, -0.05) is 18.2 Å². The Morgan fingerprint density at radius 3 is 2.59 bits per heavy atom. The van der Waals surface area contributed by atoms with Gasteiger partial charge in [0.25, 0.3) is 5.69 Å². The van der Waals surface area contributed by atoms with Crippen molar-refractivity contribution in [3.05, 3.63) is 58.6 Å². The molecular formula is C19H21N3O6S. The average Bonchev–Trinajstić information content (AvgIpc) is 3.06. The van der Waals surface area contributed by atoms with Crippen LogP contribution in [0.15, 0.2) is 48.5 Å². The van der Waals surface area contributed by atoms with Crippen LogP contribution in [-0.4, -0.2) is 50.5 Å². The molecule has 1 heterocycles. The molecule has 3 rings (SSSR count). The van der Waals surface area contributed by atoms with Crippen LogP contribution in [0.1, 0.15) is 6.42 Å². The van der Waals surface area contributed by atoms with Gasteiger partial charge in [-0.3, -0.25) is 14.9 Å². The lowest BCUT2D eigenvalue weighted by Gasteiger charge is -2.28. The van der Waals surface area contributed by atoms with Crippen LogP contribution in [0.3, 0.4) is 0 Å². The molecule has 0 aliphatic carbocycles. The van der Waals surface area contributed by atoms with Crippen molar-refractivity contribution < 1.29 is 22.9 Å². The SMILES string of the molecule is COc1ccc([N+](=O)[O-])cc1NCC(=O)N(c1ccccc1)[C@@H]1CCS(=O)(=O)C1. The summed E-state index contributed by atoms with van der Waals surface area (Å²) in [5.41, 5.74) is 0.775. The smallest absolute Gasteiger partial charge is 0.271 e. The second-order valence-electron chi connectivity index (χ2n) is 6.65. The van der Waals surface area contributed by atoms with Crippen LogP contribution in [0.25, 0.3) is 0 Å². The van der Waals surface area contributed by atoms with Gasteiger partial charge in [-0.2, -0.15) is 0 Å². The molecule has 1 aliphatic rings. The second kappa shape index (κ2) is 8.48. The monoisotopic (exact) mass is 419 g/mol. The highest BCUT2D eigenvalue weighted by molar-refractivity contribution is 7.91. The van der Waals surface area contributed by atoms with Gasteiger partial charge in [-0.25, -0.2) is 8.42 Å². The van der Waals surface area contributed by atoms with E-state index in [0.29, 0.717) is 23.5 Å². The molecule has 0 bridgehead atoms. The fourth-order valence-corrected chi connectivity index (χ4v) is 5.03. The molecule has 1 aliphatic heterocycles. The van der Waals surface area contributed by atoms with E-state index in [9.17, 15) is 23.3 Å². The number of non-ortho nitro benzene ring substituents is 1. The first kappa shape index (κ1) is 20.6. The van der Waals surface area contributed by atoms with Gasteiger partial charge in [0.2, 0.25) is 5.91 Å². The van der Waals surface area contributed by atoms with Crippen molar-refractivity contribution in [2.24, 2.45) is 0 Å². The van der Waals surface area contributed by atoms with Crippen molar-refractivity contribution in [2.75, 3.05) is 35.4 Å². The maximum Gasteiger partial charge on any atom is 0.271 e. The minimum absolute atomic E-state index is 0.0421. The maximum absolute atomic E-state index is 13.0. The number of carbonyl (C=O) groups is 1. The number of hydrogen-bond donors (Lipinski definition) is 1. The van der Waals surface area contributed by atoms with Crippen molar-refractivity contribution in [3.63, 3.8) is 0 Å². The molecule has 0 unspecified atom stereocenters. The first-order valence-corrected chi connectivity index (χ1v) is 10.8. The van der Waals surface area contributed by atoms with Gasteiger partial charge in [-0.15, -0.1) is 0 Å². The quantitative estimate of drug-likeness (QED) is 0.540. The molecule has 0 aromatic heterocycles. The summed E-state index contributed by atoms with van der Waals surface area (Å²) >= 11 is 0. The lowest BCUT2D eigenvalue weighted by Crippen LogP contribution is -2.44. The third-order valence-electron chi connectivity index (χ3n) is 4.70. The van der Waals surface area contributed by atoms with Crippen LogP contribution in [0.4, 0.5) is 17.1 Å². The lowest BCUT2D eigenvalue weighted by molar-refractivity contribution is -0.384. The molecule has 1 fully saturated rings. The van der Waals surface area contributed by atoms with E-state index in [4.69, 9.17) is 4.74 Å². The molecule has 0 spiro atoms. The largest absolute Gasteiger partial charge is 0.495 e. The van der Waals surface area contributed by atoms with Crippen molar-refractivity contribution >= 4 is 32.8 Å². The molecule has 10 heteroatoms. The van der Waals surface area contributed by atoms with E-state index < -0.39 is 20.8 Å². The van der Waals surface area contributed by atoms with Crippen molar-refractivity contribution in [3.8, 4) is 5.75 Å². The number of carbonyl (C=O) groups excluding carboxylic acids is 1. The molecule has 9 nitrogen and oxygen atoms in total. The van der Waals surface area contributed by atoms with E-state index in [-0.39, 0.29) is 29.6 Å². The highest BCUT2D eigenvalue weighted by Gasteiger charge is 2.35. The Morgan fingerprint density at radius 2 is 2.00 bits per heavy atom. The summed E-state index contributed by atoms with van der Waals surface area (Å²) in [7, 11) is -1.76. The third-order valence-corrected chi connectivity index (χ3v) is 6.45. The number of para-hydroxylation sites is 1. The summed E-state index contributed by atoms with van der Waals surface area (Å²) in [5.74, 6) is -0.0290. The fourth-order valence-electron chi connectivity index (χ4n) is 3.33. The van der Waals surface area contributed by atoms with Crippen LogP contribution in [0.2, 0.25) is 0 Å². The summed E-state index contributed by atoms with van der Waals surface area (Å²) in [6.07, 6.45) is 0.364. The lowest BCUT2D eigenvalue weighted by atomic mass is 10.1. The van der Waals surface area contributed by atoms with E-state index in [2.05, 4.69) is 5.32 Å². The van der Waals surface area contributed by atoms with Gasteiger partial charge < -0.3 is 15.0 Å². The number of amides is 1. The van der Waals surface area contributed by atoms with E-state index in [1.54, 1.807) is 24.3 Å². The molecule has 1 amide bonds. The van der Waals surface area contributed by atoms with E-state index in [1.807, 2.05) is 6.07 Å². The number of nitro benzene ring substituents is 1. The molecule has 1 saturated heterocycles. The van der Waals surface area contributed by atoms with Gasteiger partial charge in [0.15, 0.2) is 9.84 Å². The van der Waals surface area contributed by atoms with E-state index in [0.717, 1.165) is 0 Å². The van der Waals surface area contributed by atoms with Gasteiger partial charge in [0.1, 0.15) is 5.75 Å². The highest BCUT2D eigenvalue weighted by Crippen LogP contribution is 2.29. The Balaban J connectivity index is 1.83. The van der Waals surface area contributed by atoms with Crippen molar-refractivity contribution in [1.82, 2.24) is 0 Å². The van der Waals surface area contributed by atoms with Gasteiger partial charge in [0, 0.05) is 17.8 Å². The highest BCUT2D eigenvalue weighted by atomic mass is 32.2. The first-order chi connectivity index (χ1) is 13.8. The molecule has 29 heavy (non-hydrogen) atoms. The number of sulfone groups is 1. The summed E-state index contributed by atoms with van der Waals surface area (Å²) in [5, 5.41) is 13.9. The Morgan fingerprint density at radius 1 is 1.28 bits per heavy atom. The minimum Gasteiger partial charge on any atom is -0.495 e. The number of ether oxygens (including phenoxy) is 1. The van der Waals surface area contributed by atoms with Crippen molar-refractivity contribution in [1.29, 1.82) is 0 Å². The molecule has 1 atom stereocenters. The number of nitrogens with zero attached hydrogens (tertiary/aromatic N) is 2. The summed E-state index contributed by atoms with van der Waals surface area (Å²) in [6, 6.07) is 12.4. The van der Waals surface area contributed by atoms with Gasteiger partial charge in [0.05, 0.1) is 41.8 Å². The molecule has 1 N–H and O–H groups in total. The molecule has 0 radical (unpaired) electrons. The summed E-state index contributed by atoms with van der Waals surface area (Å²) in [4.78, 5) is 25.0.